The van der Waals surface area contributed by atoms with Crippen LogP contribution in [0, 0.1) is 0 Å². The summed E-state index contributed by atoms with van der Waals surface area (Å²) in [5.74, 6) is 0. The van der Waals surface area contributed by atoms with Gasteiger partial charge in [-0.2, -0.15) is 0 Å². The topological polar surface area (TPSA) is 25.8 Å². The van der Waals surface area contributed by atoms with Gasteiger partial charge in [-0.05, 0) is 47.5 Å². The minimum Gasteiger partial charge on any atom is -0.245 e. The Balaban J connectivity index is 1.36. The second-order valence-electron chi connectivity index (χ2n) is 6.78. The van der Waals surface area contributed by atoms with E-state index in [0.29, 0.717) is 0 Å². The number of hydrogen-bond acceptors (Lipinski definition) is 7. The molecule has 0 atom stereocenters. The van der Waals surface area contributed by atoms with Gasteiger partial charge in [-0.1, -0.05) is 12.1 Å². The van der Waals surface area contributed by atoms with Crippen LogP contribution in [0.3, 0.4) is 0 Å². The summed E-state index contributed by atoms with van der Waals surface area (Å²) < 4.78 is 8.06. The molecule has 138 valence electrons. The molecule has 5 aromatic heterocycles. The average Bonchev–Trinajstić information content (AvgIpc) is 3.52. The van der Waals surface area contributed by atoms with Crippen LogP contribution in [0.5, 0.6) is 0 Å². The Hall–Kier alpha value is -2.16. The zero-order chi connectivity index (χ0) is 18.9. The normalized spacial score (nSPS) is 12.1. The number of nitrogens with zero attached hydrogens (tertiary/aromatic N) is 2. The Morgan fingerprint density at radius 3 is 1.55 bits per heavy atom. The lowest BCUT2D eigenvalue weighted by Crippen LogP contribution is -1.72. The van der Waals surface area contributed by atoms with Crippen LogP contribution < -0.4 is 0 Å². The lowest BCUT2D eigenvalue weighted by atomic mass is 10.2. The summed E-state index contributed by atoms with van der Waals surface area (Å²) in [4.78, 5) is 11.6. The van der Waals surface area contributed by atoms with Gasteiger partial charge in [-0.15, -0.1) is 56.7 Å². The highest BCUT2D eigenvalue weighted by molar-refractivity contribution is 7.40. The van der Waals surface area contributed by atoms with Gasteiger partial charge in [0.25, 0.3) is 0 Å². The molecule has 7 rings (SSSR count). The van der Waals surface area contributed by atoms with E-state index in [1.54, 1.807) is 22.7 Å². The maximum atomic E-state index is 4.47. The second-order valence-corrected chi connectivity index (χ2v) is 11.7. The number of thiazole rings is 2. The van der Waals surface area contributed by atoms with Gasteiger partial charge in [0.15, 0.2) is 0 Å². The molecule has 0 unspecified atom stereocenters. The third-order valence-electron chi connectivity index (χ3n) is 5.05. The monoisotopic (exact) mass is 462 g/mol. The summed E-state index contributed by atoms with van der Waals surface area (Å²) in [5.41, 5.74) is 8.53. The molecule has 7 heteroatoms. The molecule has 2 aromatic carbocycles. The Labute approximate surface area is 185 Å². The Morgan fingerprint density at radius 1 is 0.517 bits per heavy atom. The van der Waals surface area contributed by atoms with Crippen LogP contribution in [0.1, 0.15) is 0 Å². The highest BCUT2D eigenvalue weighted by Crippen LogP contribution is 2.48. The smallest absolute Gasteiger partial charge is 0.0818 e. The van der Waals surface area contributed by atoms with Crippen LogP contribution in [0.25, 0.3) is 60.1 Å². The fourth-order valence-electron chi connectivity index (χ4n) is 3.64. The van der Waals surface area contributed by atoms with E-state index < -0.39 is 0 Å². The third kappa shape index (κ3) is 2.55. The van der Waals surface area contributed by atoms with Crippen molar-refractivity contribution in [1.82, 2.24) is 9.97 Å². The summed E-state index contributed by atoms with van der Waals surface area (Å²) in [5, 5.41) is 0. The molecule has 0 bridgehead atoms. The number of fused-ring (bicyclic) bond motifs is 5. The number of aromatic nitrogens is 2. The Morgan fingerprint density at radius 2 is 1.03 bits per heavy atom. The van der Waals surface area contributed by atoms with E-state index in [9.17, 15) is 0 Å². The first kappa shape index (κ1) is 16.6. The highest BCUT2D eigenvalue weighted by Gasteiger charge is 2.15. The maximum Gasteiger partial charge on any atom is 0.0818 e. The van der Waals surface area contributed by atoms with Gasteiger partial charge in [-0.25, -0.2) is 9.97 Å². The molecule has 0 spiro atoms. The van der Waals surface area contributed by atoms with E-state index in [1.807, 2.05) is 45.0 Å². The third-order valence-corrected chi connectivity index (χ3v) is 10.5. The van der Waals surface area contributed by atoms with Crippen LogP contribution in [-0.4, -0.2) is 9.97 Å². The summed E-state index contributed by atoms with van der Waals surface area (Å²) >= 11 is 9.08. The zero-order valence-electron chi connectivity index (χ0n) is 14.7. The molecule has 0 saturated carbocycles. The van der Waals surface area contributed by atoms with Crippen molar-refractivity contribution in [2.45, 2.75) is 0 Å². The summed E-state index contributed by atoms with van der Waals surface area (Å²) in [6.07, 6.45) is 0. The molecule has 0 amide bonds. The highest BCUT2D eigenvalue weighted by atomic mass is 32.1. The van der Waals surface area contributed by atoms with Gasteiger partial charge in [-0.3, -0.25) is 0 Å². The maximum absolute atomic E-state index is 4.47. The molecule has 29 heavy (non-hydrogen) atoms. The molecule has 0 fully saturated rings. The minimum absolute atomic E-state index is 1.09. The molecule has 0 radical (unpaired) electrons. The Bertz CT molecular complexity index is 1550. The van der Waals surface area contributed by atoms with Gasteiger partial charge >= 0.3 is 0 Å². The fraction of sp³-hybridized carbons (Fsp3) is 0. The van der Waals surface area contributed by atoms with E-state index in [1.165, 1.54) is 49.1 Å². The summed E-state index contributed by atoms with van der Waals surface area (Å²) in [7, 11) is 0. The fourth-order valence-corrected chi connectivity index (χ4v) is 8.98. The van der Waals surface area contributed by atoms with Gasteiger partial charge < -0.3 is 0 Å². The van der Waals surface area contributed by atoms with Crippen molar-refractivity contribution in [2.24, 2.45) is 0 Å². The number of thiophene rings is 3. The van der Waals surface area contributed by atoms with Gasteiger partial charge in [0.05, 0.1) is 40.9 Å². The van der Waals surface area contributed by atoms with E-state index in [0.717, 1.165) is 11.0 Å². The zero-order valence-corrected chi connectivity index (χ0v) is 18.8. The van der Waals surface area contributed by atoms with E-state index in [2.05, 4.69) is 58.5 Å². The first-order chi connectivity index (χ1) is 14.3. The van der Waals surface area contributed by atoms with Crippen LogP contribution in [0.4, 0.5) is 0 Å². The van der Waals surface area contributed by atoms with Crippen molar-refractivity contribution >= 4 is 95.9 Å². The van der Waals surface area contributed by atoms with Crippen LogP contribution in [0.15, 0.2) is 59.6 Å². The van der Waals surface area contributed by atoms with Crippen LogP contribution >= 0.6 is 56.7 Å². The molecule has 0 aliphatic carbocycles. The summed E-state index contributed by atoms with van der Waals surface area (Å²) in [6.45, 7) is 0. The largest absolute Gasteiger partial charge is 0.245 e. The molecule has 7 aromatic rings. The standard InChI is InChI=1S/C22H10N2S5/c1-3-15-13(23-9-25-15)5-11(1)17-7-19-21(28-17)22-20(27-19)8-18(29-22)12-2-4-16-14(6-12)24-10-26-16/h1-10H. The molecule has 0 aliphatic rings. The van der Waals surface area contributed by atoms with Crippen molar-refractivity contribution in [3.8, 4) is 20.9 Å². The first-order valence-electron chi connectivity index (χ1n) is 8.95. The average molecular weight is 463 g/mol. The molecule has 5 heterocycles. The number of hydrogen-bond donors (Lipinski definition) is 0. The SMILES string of the molecule is c1nc2cc(-c3cc4sc5cc(-c6ccc7scnc7c6)sc5c4s3)ccc2s1. The van der Waals surface area contributed by atoms with E-state index >= 15 is 0 Å². The molecule has 0 N–H and O–H groups in total. The van der Waals surface area contributed by atoms with Crippen molar-refractivity contribution in [2.75, 3.05) is 0 Å². The van der Waals surface area contributed by atoms with Crippen molar-refractivity contribution in [3.63, 3.8) is 0 Å². The molecular weight excluding hydrogens is 453 g/mol. The predicted molar refractivity (Wildman–Crippen MR) is 132 cm³/mol. The van der Waals surface area contributed by atoms with E-state index in [4.69, 9.17) is 0 Å². The van der Waals surface area contributed by atoms with E-state index in [-0.39, 0.29) is 0 Å². The first-order valence-corrected chi connectivity index (χ1v) is 13.2. The van der Waals surface area contributed by atoms with Crippen LogP contribution in [0.2, 0.25) is 0 Å². The molecule has 0 saturated heterocycles. The summed E-state index contributed by atoms with van der Waals surface area (Å²) in [6, 6.07) is 17.9. The van der Waals surface area contributed by atoms with Crippen molar-refractivity contribution < 1.29 is 0 Å². The quantitative estimate of drug-likeness (QED) is 0.257. The van der Waals surface area contributed by atoms with Crippen molar-refractivity contribution in [1.29, 1.82) is 0 Å². The van der Waals surface area contributed by atoms with Gasteiger partial charge in [0, 0.05) is 19.2 Å². The second kappa shape index (κ2) is 6.17. The van der Waals surface area contributed by atoms with Gasteiger partial charge in [0.1, 0.15) is 0 Å². The minimum atomic E-state index is 1.09. The predicted octanol–water partition coefficient (Wildman–Crippen LogP) is 8.73. The number of rotatable bonds is 2. The van der Waals surface area contributed by atoms with Gasteiger partial charge in [0.2, 0.25) is 0 Å². The molecule has 2 nitrogen and oxygen atoms in total. The molecular formula is C22H10N2S5. The Kier molecular flexibility index (Phi) is 3.53. The number of benzene rings is 2. The van der Waals surface area contributed by atoms with Crippen molar-refractivity contribution in [3.05, 3.63) is 59.6 Å². The lowest BCUT2D eigenvalue weighted by Gasteiger charge is -1.96. The lowest BCUT2D eigenvalue weighted by molar-refractivity contribution is 1.50. The van der Waals surface area contributed by atoms with Crippen LogP contribution in [-0.2, 0) is 0 Å². The molecule has 0 aliphatic heterocycles.